The maximum absolute atomic E-state index is 10.2. The molecule has 0 saturated heterocycles. The van der Waals surface area contributed by atoms with Crippen molar-refractivity contribution in [3.8, 4) is 0 Å². The number of allylic oxidation sites excluding steroid dienone is 4. The number of aliphatic carboxylic acids is 2. The van der Waals surface area contributed by atoms with Gasteiger partial charge >= 0.3 is 5.48 Å². The molecule has 0 bridgehead atoms. The molecular weight excluding hydrogens is 512 g/mol. The summed E-state index contributed by atoms with van der Waals surface area (Å²) in [6.45, 7) is 4.51. The molecule has 0 saturated carbocycles. The molecule has 0 amide bonds. The van der Waals surface area contributed by atoms with E-state index in [9.17, 15) is 19.8 Å². The van der Waals surface area contributed by atoms with Gasteiger partial charge in [-0.1, -0.05) is 141 Å². The van der Waals surface area contributed by atoms with Crippen LogP contribution in [0.2, 0.25) is 0 Å². The highest BCUT2D eigenvalue weighted by molar-refractivity contribution is 5.64. The summed E-state index contributed by atoms with van der Waals surface area (Å²) < 4.78 is 0. The van der Waals surface area contributed by atoms with Crippen molar-refractivity contribution in [3.63, 3.8) is 0 Å². The van der Waals surface area contributed by atoms with Crippen LogP contribution in [-0.4, -0.2) is 11.9 Å². The zero-order valence-electron chi connectivity index (χ0n) is 27.1. The highest BCUT2D eigenvalue weighted by Gasteiger charge is 2.00. The Labute approximate surface area is 255 Å². The van der Waals surface area contributed by atoms with Gasteiger partial charge in [0, 0.05) is 11.9 Å². The fourth-order valence-electron chi connectivity index (χ4n) is 4.68. The lowest BCUT2D eigenvalue weighted by Crippen LogP contribution is -2.21. The van der Waals surface area contributed by atoms with Gasteiger partial charge in [-0.3, -0.25) is 0 Å². The third kappa shape index (κ3) is 48.4. The highest BCUT2D eigenvalue weighted by atomic mass is 16.4. The maximum Gasteiger partial charge on any atom is 2.00 e. The lowest BCUT2D eigenvalue weighted by Gasteiger charge is -2.01. The van der Waals surface area contributed by atoms with Crippen molar-refractivity contribution < 1.29 is 25.3 Å². The molecule has 240 valence electrons. The van der Waals surface area contributed by atoms with Gasteiger partial charge in [0.1, 0.15) is 0 Å². The lowest BCUT2D eigenvalue weighted by molar-refractivity contribution is -0.307. The molecule has 0 rings (SSSR count). The minimum Gasteiger partial charge on any atom is -0.550 e. The predicted molar refractivity (Wildman–Crippen MR) is 170 cm³/mol. The molecule has 0 unspecified atom stereocenters. The SMILES string of the molecule is CCCCCCCC/C=C\CCCCCCCC(=O)[O-].CCCCCCCC/C=C\CCCCCCCC(=O)[O-].[O+2]. The van der Waals surface area contributed by atoms with Crippen LogP contribution in [0.25, 0.3) is 0 Å². The minimum atomic E-state index is -0.914. The molecule has 0 spiro atoms. The largest absolute Gasteiger partial charge is 2.00 e. The molecule has 0 fully saturated rings. The Morgan fingerprint density at radius 2 is 0.610 bits per heavy atom. The molecule has 0 aromatic heterocycles. The first kappa shape index (κ1) is 43.8. The van der Waals surface area contributed by atoms with E-state index in [1.165, 1.54) is 128 Å². The summed E-state index contributed by atoms with van der Waals surface area (Å²) in [7, 11) is 0. The van der Waals surface area contributed by atoms with Crippen molar-refractivity contribution in [1.29, 1.82) is 0 Å². The van der Waals surface area contributed by atoms with Crippen LogP contribution in [0.1, 0.15) is 194 Å². The van der Waals surface area contributed by atoms with E-state index in [-0.39, 0.29) is 18.3 Å². The molecule has 0 heterocycles. The van der Waals surface area contributed by atoms with Crippen molar-refractivity contribution in [2.24, 2.45) is 0 Å². The fraction of sp³-hybridized carbons (Fsp3) is 0.833. The number of carboxylic acid groups (broad SMARTS) is 2. The van der Waals surface area contributed by atoms with Crippen molar-refractivity contribution in [1.82, 2.24) is 0 Å². The second kappa shape index (κ2) is 40.5. The van der Waals surface area contributed by atoms with Gasteiger partial charge in [-0.2, -0.15) is 0 Å². The Morgan fingerprint density at radius 3 is 0.854 bits per heavy atom. The highest BCUT2D eigenvalue weighted by Crippen LogP contribution is 2.11. The van der Waals surface area contributed by atoms with Gasteiger partial charge in [-0.15, -0.1) is 0 Å². The van der Waals surface area contributed by atoms with Gasteiger partial charge in [-0.05, 0) is 77.0 Å². The van der Waals surface area contributed by atoms with E-state index >= 15 is 0 Å². The number of carbonyl (C=O) groups is 2. The molecule has 41 heavy (non-hydrogen) atoms. The first-order valence-corrected chi connectivity index (χ1v) is 17.2. The molecule has 0 N–H and O–H groups in total. The molecule has 0 atom stereocenters. The number of unbranched alkanes of at least 4 members (excludes halogenated alkanes) is 22. The van der Waals surface area contributed by atoms with E-state index in [1.807, 2.05) is 0 Å². The van der Waals surface area contributed by atoms with Crippen LogP contribution in [0.5, 0.6) is 0 Å². The Bertz CT molecular complexity index is 520. The summed E-state index contributed by atoms with van der Waals surface area (Å²) in [5.74, 6) is -1.83. The summed E-state index contributed by atoms with van der Waals surface area (Å²) in [6, 6.07) is 0. The fourth-order valence-corrected chi connectivity index (χ4v) is 4.68. The first-order chi connectivity index (χ1) is 19.5. The molecule has 0 aliphatic carbocycles. The molecular formula is C36H66O5. The smallest absolute Gasteiger partial charge is 0.550 e. The topological polar surface area (TPSA) is 109 Å². The molecule has 0 aromatic rings. The Hall–Kier alpha value is -1.62. The van der Waals surface area contributed by atoms with Gasteiger partial charge in [0.2, 0.25) is 0 Å². The van der Waals surface area contributed by atoms with Crippen LogP contribution in [0, 0.1) is 0 Å². The monoisotopic (exact) mass is 578 g/mol. The first-order valence-electron chi connectivity index (χ1n) is 17.2. The van der Waals surface area contributed by atoms with Crippen molar-refractivity contribution in [2.75, 3.05) is 0 Å². The molecule has 0 aliphatic heterocycles. The van der Waals surface area contributed by atoms with Crippen molar-refractivity contribution in [3.05, 3.63) is 24.3 Å². The minimum absolute atomic E-state index is 0. The molecule has 5 nitrogen and oxygen atoms in total. The maximum atomic E-state index is 10.2. The van der Waals surface area contributed by atoms with Crippen LogP contribution >= 0.6 is 0 Å². The van der Waals surface area contributed by atoms with E-state index in [1.54, 1.807) is 0 Å². The third-order valence-corrected chi connectivity index (χ3v) is 7.29. The summed E-state index contributed by atoms with van der Waals surface area (Å²) in [5, 5.41) is 20.4. The normalized spacial score (nSPS) is 11.0. The van der Waals surface area contributed by atoms with E-state index in [0.29, 0.717) is 0 Å². The van der Waals surface area contributed by atoms with Gasteiger partial charge in [0.15, 0.2) is 0 Å². The van der Waals surface area contributed by atoms with Crippen LogP contribution < -0.4 is 10.2 Å². The van der Waals surface area contributed by atoms with Crippen LogP contribution in [0.4, 0.5) is 0 Å². The second-order valence-electron chi connectivity index (χ2n) is 11.4. The average Bonchev–Trinajstić information content (AvgIpc) is 2.93. The van der Waals surface area contributed by atoms with Crippen LogP contribution in [-0.2, 0) is 15.1 Å². The Morgan fingerprint density at radius 1 is 0.390 bits per heavy atom. The molecule has 4 radical (unpaired) electrons. The molecule has 0 aromatic carbocycles. The van der Waals surface area contributed by atoms with Crippen molar-refractivity contribution >= 4 is 11.9 Å². The predicted octanol–water partition coefficient (Wildman–Crippen LogP) is 9.43. The summed E-state index contributed by atoms with van der Waals surface area (Å²) in [4.78, 5) is 20.4. The zero-order valence-corrected chi connectivity index (χ0v) is 27.1. The summed E-state index contributed by atoms with van der Waals surface area (Å²) in [6.07, 6.45) is 41.8. The van der Waals surface area contributed by atoms with Crippen LogP contribution in [0.15, 0.2) is 24.3 Å². The third-order valence-electron chi connectivity index (χ3n) is 7.29. The van der Waals surface area contributed by atoms with E-state index < -0.39 is 11.9 Å². The standard InChI is InChI=1S/2C18H34O2.O/c2*1-2-3-4-5-6-7-8-9-10-11-12-13-14-15-16-17-18(19)20;/h2*9-10H,2-8,11-17H2,1H3,(H,19,20);/q;;+2/p-2/b2*10-9-;. The van der Waals surface area contributed by atoms with E-state index in [0.717, 1.165) is 38.5 Å². The van der Waals surface area contributed by atoms with Gasteiger partial charge in [0.25, 0.3) is 0 Å². The lowest BCUT2D eigenvalue weighted by atomic mass is 10.1. The quantitative estimate of drug-likeness (QED) is 0.0624. The zero-order chi connectivity index (χ0) is 29.8. The van der Waals surface area contributed by atoms with E-state index in [2.05, 4.69) is 38.2 Å². The Kier molecular flexibility index (Phi) is 43.3. The van der Waals surface area contributed by atoms with Gasteiger partial charge in [-0.25, -0.2) is 0 Å². The van der Waals surface area contributed by atoms with Gasteiger partial charge < -0.3 is 19.8 Å². The van der Waals surface area contributed by atoms with E-state index in [4.69, 9.17) is 0 Å². The van der Waals surface area contributed by atoms with Gasteiger partial charge in [0.05, 0.1) is 0 Å². The number of carbonyl (C=O) groups excluding carboxylic acids is 2. The summed E-state index contributed by atoms with van der Waals surface area (Å²) in [5.41, 5.74) is 0. The average molecular weight is 579 g/mol. The molecule has 5 heteroatoms. The summed E-state index contributed by atoms with van der Waals surface area (Å²) >= 11 is 0. The Balaban J connectivity index is -0.000000688. The van der Waals surface area contributed by atoms with Crippen LogP contribution in [0.3, 0.4) is 0 Å². The van der Waals surface area contributed by atoms with Crippen molar-refractivity contribution in [2.45, 2.75) is 194 Å². The number of hydrogen-bond acceptors (Lipinski definition) is 4. The number of hydrogen-bond donors (Lipinski definition) is 0. The number of carboxylic acids is 2. The second-order valence-corrected chi connectivity index (χ2v) is 11.4. The number of rotatable bonds is 30. The molecule has 0 aliphatic rings.